The zero-order chi connectivity index (χ0) is 21.3. The number of benzene rings is 3. The first kappa shape index (κ1) is 20.7. The zero-order valence-corrected chi connectivity index (χ0v) is 16.6. The van der Waals surface area contributed by atoms with Crippen LogP contribution in [0.3, 0.4) is 0 Å². The average Bonchev–Trinajstić information content (AvgIpc) is 2.76. The summed E-state index contributed by atoms with van der Waals surface area (Å²) < 4.78 is 0. The Morgan fingerprint density at radius 2 is 1.60 bits per heavy atom. The number of nitrogens with zero attached hydrogens (tertiary/aromatic N) is 1. The molecule has 0 aromatic heterocycles. The number of carbonyl (C=O) groups is 2. The van der Waals surface area contributed by atoms with Crippen molar-refractivity contribution in [2.45, 2.75) is 9.79 Å². The maximum atomic E-state index is 12.6. The van der Waals surface area contributed by atoms with Crippen LogP contribution in [-0.2, 0) is 4.79 Å². The van der Waals surface area contributed by atoms with Crippen molar-refractivity contribution in [3.05, 3.63) is 96.2 Å². The van der Waals surface area contributed by atoms with Crippen molar-refractivity contribution in [2.75, 3.05) is 11.1 Å². The Labute approximate surface area is 178 Å². The number of rotatable bonds is 6. The summed E-state index contributed by atoms with van der Waals surface area (Å²) in [5.41, 5.74) is 6.67. The normalized spacial score (nSPS) is 10.7. The van der Waals surface area contributed by atoms with Gasteiger partial charge in [0.25, 0.3) is 11.8 Å². The fraction of sp³-hybridized carbons (Fsp3) is 0. The molecule has 7 heteroatoms. The standard InChI is InChI=1S/C23H18N4O2S/c24-14-16(15-26-23(29)18-10-4-5-11-19(18)25)22(28)27-20-12-6-7-13-21(20)30-17-8-2-1-3-9-17/h1-13,15H,25H2,(H,26,29)(H,27,28)/b16-15-. The van der Waals surface area contributed by atoms with Gasteiger partial charge in [0.2, 0.25) is 0 Å². The fourth-order valence-corrected chi connectivity index (χ4v) is 3.45. The maximum absolute atomic E-state index is 12.6. The van der Waals surface area contributed by atoms with Gasteiger partial charge in [-0.3, -0.25) is 9.59 Å². The number of hydrogen-bond acceptors (Lipinski definition) is 5. The van der Waals surface area contributed by atoms with Crippen molar-refractivity contribution in [3.63, 3.8) is 0 Å². The van der Waals surface area contributed by atoms with Crippen LogP contribution in [-0.4, -0.2) is 11.8 Å². The van der Waals surface area contributed by atoms with Gasteiger partial charge in [-0.15, -0.1) is 0 Å². The van der Waals surface area contributed by atoms with E-state index in [-0.39, 0.29) is 11.1 Å². The van der Waals surface area contributed by atoms with Crippen LogP contribution < -0.4 is 16.4 Å². The van der Waals surface area contributed by atoms with Crippen LogP contribution in [0.25, 0.3) is 0 Å². The Morgan fingerprint density at radius 1 is 0.933 bits per heavy atom. The number of nitrogen functional groups attached to an aromatic ring is 1. The molecule has 0 spiro atoms. The highest BCUT2D eigenvalue weighted by molar-refractivity contribution is 7.99. The Hall–Kier alpha value is -4.02. The van der Waals surface area contributed by atoms with Crippen LogP contribution in [0.4, 0.5) is 11.4 Å². The molecule has 0 aliphatic carbocycles. The fourth-order valence-electron chi connectivity index (χ4n) is 2.53. The van der Waals surface area contributed by atoms with E-state index in [4.69, 9.17) is 5.73 Å². The van der Waals surface area contributed by atoms with Crippen molar-refractivity contribution < 1.29 is 9.59 Å². The zero-order valence-electron chi connectivity index (χ0n) is 15.8. The number of nitriles is 1. The summed E-state index contributed by atoms with van der Waals surface area (Å²) in [7, 11) is 0. The summed E-state index contributed by atoms with van der Waals surface area (Å²) in [6, 6.07) is 25.4. The summed E-state index contributed by atoms with van der Waals surface area (Å²) >= 11 is 1.49. The molecule has 3 aromatic rings. The number of anilines is 2. The van der Waals surface area contributed by atoms with E-state index in [2.05, 4.69) is 10.6 Å². The molecular weight excluding hydrogens is 396 g/mol. The van der Waals surface area contributed by atoms with Crippen LogP contribution in [0, 0.1) is 11.3 Å². The molecular formula is C23H18N4O2S. The summed E-state index contributed by atoms with van der Waals surface area (Å²) in [5.74, 6) is -1.13. The van der Waals surface area contributed by atoms with Crippen molar-refractivity contribution in [3.8, 4) is 6.07 Å². The average molecular weight is 414 g/mol. The molecule has 0 fully saturated rings. The van der Waals surface area contributed by atoms with Crippen molar-refractivity contribution in [1.82, 2.24) is 5.32 Å². The molecule has 0 saturated heterocycles. The lowest BCUT2D eigenvalue weighted by Gasteiger charge is -2.10. The van der Waals surface area contributed by atoms with Gasteiger partial charge in [0.05, 0.1) is 11.3 Å². The van der Waals surface area contributed by atoms with Gasteiger partial charge in [-0.2, -0.15) is 5.26 Å². The highest BCUT2D eigenvalue weighted by atomic mass is 32.2. The molecule has 0 heterocycles. The molecule has 30 heavy (non-hydrogen) atoms. The van der Waals surface area contributed by atoms with Gasteiger partial charge >= 0.3 is 0 Å². The number of amides is 2. The number of para-hydroxylation sites is 2. The topological polar surface area (TPSA) is 108 Å². The van der Waals surface area contributed by atoms with Crippen LogP contribution in [0.1, 0.15) is 10.4 Å². The largest absolute Gasteiger partial charge is 0.398 e. The van der Waals surface area contributed by atoms with Gasteiger partial charge in [-0.25, -0.2) is 0 Å². The molecule has 3 rings (SSSR count). The van der Waals surface area contributed by atoms with E-state index >= 15 is 0 Å². The molecule has 0 saturated carbocycles. The monoisotopic (exact) mass is 414 g/mol. The maximum Gasteiger partial charge on any atom is 0.267 e. The van der Waals surface area contributed by atoms with Crippen molar-refractivity contribution in [1.29, 1.82) is 5.26 Å². The van der Waals surface area contributed by atoms with Gasteiger partial charge in [0, 0.05) is 21.7 Å². The highest BCUT2D eigenvalue weighted by Gasteiger charge is 2.14. The van der Waals surface area contributed by atoms with E-state index in [9.17, 15) is 14.9 Å². The second kappa shape index (κ2) is 9.96. The van der Waals surface area contributed by atoms with Gasteiger partial charge in [0.15, 0.2) is 0 Å². The van der Waals surface area contributed by atoms with E-state index in [1.807, 2.05) is 48.5 Å². The van der Waals surface area contributed by atoms with E-state index in [0.29, 0.717) is 11.4 Å². The molecule has 3 aromatic carbocycles. The van der Waals surface area contributed by atoms with E-state index < -0.39 is 11.8 Å². The molecule has 0 unspecified atom stereocenters. The molecule has 0 atom stereocenters. The molecule has 2 amide bonds. The number of hydrogen-bond donors (Lipinski definition) is 3. The predicted octanol–water partition coefficient (Wildman–Crippen LogP) is 4.20. The molecule has 4 N–H and O–H groups in total. The third kappa shape index (κ3) is 5.28. The lowest BCUT2D eigenvalue weighted by molar-refractivity contribution is -0.112. The molecule has 0 bridgehead atoms. The van der Waals surface area contributed by atoms with E-state index in [0.717, 1.165) is 16.0 Å². The predicted molar refractivity (Wildman–Crippen MR) is 118 cm³/mol. The summed E-state index contributed by atoms with van der Waals surface area (Å²) in [5, 5.41) is 14.5. The first-order valence-corrected chi connectivity index (χ1v) is 9.79. The summed E-state index contributed by atoms with van der Waals surface area (Å²) in [6.45, 7) is 0. The number of carbonyl (C=O) groups excluding carboxylic acids is 2. The van der Waals surface area contributed by atoms with Crippen LogP contribution in [0.5, 0.6) is 0 Å². The first-order valence-electron chi connectivity index (χ1n) is 8.97. The third-order valence-corrected chi connectivity index (χ3v) is 5.11. The molecule has 148 valence electrons. The van der Waals surface area contributed by atoms with Gasteiger partial charge in [0.1, 0.15) is 11.6 Å². The SMILES string of the molecule is N#C/C(=C/NC(=O)c1ccccc1N)C(=O)Nc1ccccc1Sc1ccccc1. The number of nitrogens with two attached hydrogens (primary N) is 1. The molecule has 0 radical (unpaired) electrons. The smallest absolute Gasteiger partial charge is 0.267 e. The summed E-state index contributed by atoms with van der Waals surface area (Å²) in [4.78, 5) is 26.7. The van der Waals surface area contributed by atoms with Gasteiger partial charge in [-0.05, 0) is 36.4 Å². The third-order valence-electron chi connectivity index (χ3n) is 4.02. The second-order valence-electron chi connectivity index (χ2n) is 6.10. The second-order valence-corrected chi connectivity index (χ2v) is 7.21. The lowest BCUT2D eigenvalue weighted by Crippen LogP contribution is -2.22. The summed E-state index contributed by atoms with van der Waals surface area (Å²) in [6.07, 6.45) is 1.08. The minimum Gasteiger partial charge on any atom is -0.398 e. The van der Waals surface area contributed by atoms with Gasteiger partial charge < -0.3 is 16.4 Å². The lowest BCUT2D eigenvalue weighted by atomic mass is 10.1. The Balaban J connectivity index is 1.73. The van der Waals surface area contributed by atoms with E-state index in [1.165, 1.54) is 11.8 Å². The Morgan fingerprint density at radius 3 is 2.33 bits per heavy atom. The van der Waals surface area contributed by atoms with Crippen LogP contribution >= 0.6 is 11.8 Å². The Bertz CT molecular complexity index is 1140. The van der Waals surface area contributed by atoms with Crippen LogP contribution in [0.15, 0.2) is 100 Å². The quantitative estimate of drug-likeness (QED) is 0.318. The van der Waals surface area contributed by atoms with Crippen LogP contribution in [0.2, 0.25) is 0 Å². The van der Waals surface area contributed by atoms with Gasteiger partial charge in [-0.1, -0.05) is 54.2 Å². The minimum atomic E-state index is -0.625. The Kier molecular flexibility index (Phi) is 6.87. The minimum absolute atomic E-state index is 0.239. The van der Waals surface area contributed by atoms with E-state index in [1.54, 1.807) is 36.4 Å². The molecule has 6 nitrogen and oxygen atoms in total. The number of nitrogens with one attached hydrogen (secondary N) is 2. The van der Waals surface area contributed by atoms with Crippen molar-refractivity contribution >= 4 is 35.0 Å². The van der Waals surface area contributed by atoms with Crippen molar-refractivity contribution in [2.24, 2.45) is 0 Å². The highest BCUT2D eigenvalue weighted by Crippen LogP contribution is 2.33. The first-order chi connectivity index (χ1) is 14.6. The molecule has 0 aliphatic heterocycles. The molecule has 0 aliphatic rings.